The highest BCUT2D eigenvalue weighted by Gasteiger charge is 2.11. The lowest BCUT2D eigenvalue weighted by molar-refractivity contribution is -0.141. The van der Waals surface area contributed by atoms with Crippen LogP contribution >= 0.6 is 0 Å². The van der Waals surface area contributed by atoms with E-state index in [1.807, 2.05) is 0 Å². The van der Waals surface area contributed by atoms with E-state index in [1.54, 1.807) is 0 Å². The first-order valence-corrected chi connectivity index (χ1v) is 7.81. The lowest BCUT2D eigenvalue weighted by Gasteiger charge is -2.16. The molecular formula is C16H32O2. The van der Waals surface area contributed by atoms with Gasteiger partial charge in [-0.25, -0.2) is 0 Å². The van der Waals surface area contributed by atoms with Gasteiger partial charge in [-0.05, 0) is 12.3 Å². The SMILES string of the molecule is CCCCCCC(CCCCC)CCC(=O)OC. The fourth-order valence-electron chi connectivity index (χ4n) is 2.40. The van der Waals surface area contributed by atoms with Crippen molar-refractivity contribution in [2.75, 3.05) is 7.11 Å². The molecule has 0 amide bonds. The Labute approximate surface area is 113 Å². The summed E-state index contributed by atoms with van der Waals surface area (Å²) in [4.78, 5) is 11.2. The van der Waals surface area contributed by atoms with E-state index < -0.39 is 0 Å². The first-order valence-electron chi connectivity index (χ1n) is 7.81. The molecule has 0 aliphatic carbocycles. The average Bonchev–Trinajstić information content (AvgIpc) is 2.39. The molecule has 0 saturated heterocycles. The first-order chi connectivity index (χ1) is 8.74. The van der Waals surface area contributed by atoms with Crippen molar-refractivity contribution < 1.29 is 9.53 Å². The monoisotopic (exact) mass is 256 g/mol. The summed E-state index contributed by atoms with van der Waals surface area (Å²) in [5, 5.41) is 0. The maximum Gasteiger partial charge on any atom is 0.305 e. The number of ether oxygens (including phenoxy) is 1. The maximum absolute atomic E-state index is 11.2. The number of carbonyl (C=O) groups is 1. The standard InChI is InChI=1S/C16H32O2/c1-4-6-8-10-12-15(11-9-7-5-2)13-14-16(17)18-3/h15H,4-14H2,1-3H3. The van der Waals surface area contributed by atoms with Crippen LogP contribution < -0.4 is 0 Å². The van der Waals surface area contributed by atoms with E-state index in [0.29, 0.717) is 6.42 Å². The zero-order valence-electron chi connectivity index (χ0n) is 12.7. The molecule has 18 heavy (non-hydrogen) atoms. The third-order valence-electron chi connectivity index (χ3n) is 3.67. The molecule has 0 spiro atoms. The van der Waals surface area contributed by atoms with E-state index in [4.69, 9.17) is 4.74 Å². The summed E-state index contributed by atoms with van der Waals surface area (Å²) in [5.74, 6) is 0.677. The van der Waals surface area contributed by atoms with Gasteiger partial charge < -0.3 is 4.74 Å². The fourth-order valence-corrected chi connectivity index (χ4v) is 2.40. The Morgan fingerprint density at radius 1 is 0.889 bits per heavy atom. The van der Waals surface area contributed by atoms with Crippen molar-refractivity contribution >= 4 is 5.97 Å². The molecule has 0 aromatic carbocycles. The number of hydrogen-bond donors (Lipinski definition) is 0. The summed E-state index contributed by atoms with van der Waals surface area (Å²) in [5.41, 5.74) is 0. The molecule has 0 bridgehead atoms. The van der Waals surface area contributed by atoms with Crippen molar-refractivity contribution in [2.45, 2.75) is 84.5 Å². The summed E-state index contributed by atoms with van der Waals surface area (Å²) in [6.45, 7) is 4.49. The van der Waals surface area contributed by atoms with Crippen molar-refractivity contribution in [3.63, 3.8) is 0 Å². The molecule has 0 heterocycles. The molecular weight excluding hydrogens is 224 g/mol. The highest BCUT2D eigenvalue weighted by Crippen LogP contribution is 2.22. The summed E-state index contributed by atoms with van der Waals surface area (Å²) < 4.78 is 4.73. The predicted octanol–water partition coefficient (Wildman–Crippen LogP) is 5.11. The molecule has 0 rings (SSSR count). The van der Waals surface area contributed by atoms with Crippen LogP contribution in [-0.2, 0) is 9.53 Å². The smallest absolute Gasteiger partial charge is 0.305 e. The average molecular weight is 256 g/mol. The number of hydrogen-bond acceptors (Lipinski definition) is 2. The number of rotatable bonds is 12. The highest BCUT2D eigenvalue weighted by molar-refractivity contribution is 5.69. The highest BCUT2D eigenvalue weighted by atomic mass is 16.5. The second kappa shape index (κ2) is 12.9. The van der Waals surface area contributed by atoms with E-state index in [1.165, 1.54) is 64.9 Å². The quantitative estimate of drug-likeness (QED) is 0.358. The summed E-state index contributed by atoms with van der Waals surface area (Å²) in [7, 11) is 1.48. The summed E-state index contributed by atoms with van der Waals surface area (Å²) in [6.07, 6.45) is 13.4. The lowest BCUT2D eigenvalue weighted by Crippen LogP contribution is -2.07. The minimum atomic E-state index is -0.0518. The number of esters is 1. The Kier molecular flexibility index (Phi) is 12.5. The van der Waals surface area contributed by atoms with Gasteiger partial charge in [-0.2, -0.15) is 0 Å². The molecule has 108 valence electrons. The van der Waals surface area contributed by atoms with Crippen molar-refractivity contribution in [3.05, 3.63) is 0 Å². The molecule has 0 aliphatic heterocycles. The molecule has 0 radical (unpaired) electrons. The first kappa shape index (κ1) is 17.5. The van der Waals surface area contributed by atoms with E-state index in [9.17, 15) is 4.79 Å². The lowest BCUT2D eigenvalue weighted by atomic mass is 9.91. The van der Waals surface area contributed by atoms with Crippen LogP contribution in [0.3, 0.4) is 0 Å². The van der Waals surface area contributed by atoms with Crippen LogP contribution in [0.25, 0.3) is 0 Å². The van der Waals surface area contributed by atoms with Gasteiger partial charge in [-0.3, -0.25) is 4.79 Å². The molecule has 0 aromatic heterocycles. The topological polar surface area (TPSA) is 26.3 Å². The van der Waals surface area contributed by atoms with Gasteiger partial charge in [-0.1, -0.05) is 71.6 Å². The third-order valence-corrected chi connectivity index (χ3v) is 3.67. The maximum atomic E-state index is 11.2. The predicted molar refractivity (Wildman–Crippen MR) is 77.6 cm³/mol. The van der Waals surface area contributed by atoms with Crippen molar-refractivity contribution in [3.8, 4) is 0 Å². The van der Waals surface area contributed by atoms with Crippen molar-refractivity contribution in [1.29, 1.82) is 0 Å². The van der Waals surface area contributed by atoms with Gasteiger partial charge in [0, 0.05) is 6.42 Å². The largest absolute Gasteiger partial charge is 0.469 e. The van der Waals surface area contributed by atoms with E-state index in [-0.39, 0.29) is 5.97 Å². The Morgan fingerprint density at radius 3 is 2.00 bits per heavy atom. The van der Waals surface area contributed by atoms with E-state index >= 15 is 0 Å². The molecule has 0 aromatic rings. The van der Waals surface area contributed by atoms with Crippen molar-refractivity contribution in [1.82, 2.24) is 0 Å². The van der Waals surface area contributed by atoms with Crippen LogP contribution in [-0.4, -0.2) is 13.1 Å². The van der Waals surface area contributed by atoms with Gasteiger partial charge in [-0.15, -0.1) is 0 Å². The van der Waals surface area contributed by atoms with Crippen LogP contribution in [0.15, 0.2) is 0 Å². The number of carbonyl (C=O) groups excluding carboxylic acids is 1. The van der Waals surface area contributed by atoms with Crippen LogP contribution in [0, 0.1) is 5.92 Å². The summed E-state index contributed by atoms with van der Waals surface area (Å²) in [6, 6.07) is 0. The van der Waals surface area contributed by atoms with Crippen molar-refractivity contribution in [2.24, 2.45) is 5.92 Å². The molecule has 0 fully saturated rings. The number of unbranched alkanes of at least 4 members (excludes halogenated alkanes) is 5. The second-order valence-electron chi connectivity index (χ2n) is 5.33. The second-order valence-corrected chi connectivity index (χ2v) is 5.33. The minimum Gasteiger partial charge on any atom is -0.469 e. The minimum absolute atomic E-state index is 0.0518. The van der Waals surface area contributed by atoms with Gasteiger partial charge in [0.1, 0.15) is 0 Å². The third kappa shape index (κ3) is 10.6. The zero-order chi connectivity index (χ0) is 13.6. The van der Waals surface area contributed by atoms with Gasteiger partial charge in [0.2, 0.25) is 0 Å². The van der Waals surface area contributed by atoms with Gasteiger partial charge in [0.05, 0.1) is 7.11 Å². The molecule has 2 heteroatoms. The normalized spacial score (nSPS) is 12.4. The Bertz CT molecular complexity index is 190. The van der Waals surface area contributed by atoms with Gasteiger partial charge in [0.15, 0.2) is 0 Å². The van der Waals surface area contributed by atoms with Crippen LogP contribution in [0.2, 0.25) is 0 Å². The Morgan fingerprint density at radius 2 is 1.44 bits per heavy atom. The number of methoxy groups -OCH3 is 1. The van der Waals surface area contributed by atoms with Crippen LogP contribution in [0.5, 0.6) is 0 Å². The van der Waals surface area contributed by atoms with E-state index in [0.717, 1.165) is 12.3 Å². The van der Waals surface area contributed by atoms with Gasteiger partial charge >= 0.3 is 5.97 Å². The molecule has 2 nitrogen and oxygen atoms in total. The van der Waals surface area contributed by atoms with Crippen LogP contribution in [0.1, 0.15) is 84.5 Å². The van der Waals surface area contributed by atoms with Gasteiger partial charge in [0.25, 0.3) is 0 Å². The van der Waals surface area contributed by atoms with Crippen LogP contribution in [0.4, 0.5) is 0 Å². The fraction of sp³-hybridized carbons (Fsp3) is 0.938. The molecule has 0 aliphatic rings. The van der Waals surface area contributed by atoms with E-state index in [2.05, 4.69) is 13.8 Å². The molecule has 0 saturated carbocycles. The Hall–Kier alpha value is -0.530. The Balaban J connectivity index is 3.79. The molecule has 1 atom stereocenters. The molecule has 0 N–H and O–H groups in total. The zero-order valence-corrected chi connectivity index (χ0v) is 12.7. The summed E-state index contributed by atoms with van der Waals surface area (Å²) >= 11 is 0. The molecule has 1 unspecified atom stereocenters.